The highest BCUT2D eigenvalue weighted by atomic mass is 16.3. The Balaban J connectivity index is 3.81. The fraction of sp³-hybridized carbons (Fsp3) is 0.714. The maximum atomic E-state index is 9.44. The molecule has 0 spiro atoms. The first-order valence-electron chi connectivity index (χ1n) is 6.07. The van der Waals surface area contributed by atoms with E-state index in [9.17, 15) is 10.2 Å². The molecule has 0 aliphatic rings. The monoisotopic (exact) mass is 222 g/mol. The van der Waals surface area contributed by atoms with Gasteiger partial charge in [0.2, 0.25) is 0 Å². The fourth-order valence-corrected chi connectivity index (χ4v) is 1.24. The minimum atomic E-state index is -0.587. The summed E-state index contributed by atoms with van der Waals surface area (Å²) in [6.07, 6.45) is 4.39. The molecule has 90 valence electrons. The lowest BCUT2D eigenvalue weighted by molar-refractivity contribution is 0.217. The molecular weight excluding hydrogens is 200 g/mol. The third-order valence-corrected chi connectivity index (χ3v) is 2.18. The summed E-state index contributed by atoms with van der Waals surface area (Å²) < 4.78 is 0. The van der Waals surface area contributed by atoms with E-state index in [0.29, 0.717) is 12.8 Å². The van der Waals surface area contributed by atoms with Gasteiger partial charge in [-0.1, -0.05) is 45.0 Å². The molecule has 2 atom stereocenters. The highest BCUT2D eigenvalue weighted by Crippen LogP contribution is 2.01. The molecule has 0 aromatic rings. The van der Waals surface area contributed by atoms with Gasteiger partial charge < -0.3 is 10.2 Å². The molecule has 0 radical (unpaired) electrons. The third-order valence-electron chi connectivity index (χ3n) is 2.18. The van der Waals surface area contributed by atoms with Crippen LogP contribution < -0.4 is 0 Å². The van der Waals surface area contributed by atoms with Crippen LogP contribution >= 0.6 is 0 Å². The van der Waals surface area contributed by atoms with Gasteiger partial charge in [-0.3, -0.25) is 0 Å². The fourth-order valence-electron chi connectivity index (χ4n) is 1.24. The van der Waals surface area contributed by atoms with Crippen molar-refractivity contribution in [3.05, 3.63) is 0 Å². The van der Waals surface area contributed by atoms with Crippen LogP contribution in [0.3, 0.4) is 0 Å². The molecule has 0 aliphatic carbocycles. The van der Waals surface area contributed by atoms with Crippen molar-refractivity contribution in [1.82, 2.24) is 0 Å². The average molecular weight is 222 g/mol. The molecule has 0 aliphatic heterocycles. The normalized spacial score (nSPS) is 13.0. The van der Waals surface area contributed by atoms with Crippen LogP contribution in [0, 0.1) is 23.7 Å². The van der Waals surface area contributed by atoms with E-state index in [2.05, 4.69) is 30.6 Å². The molecule has 0 saturated carbocycles. The van der Waals surface area contributed by atoms with Gasteiger partial charge in [0.15, 0.2) is 0 Å². The number of aliphatic hydroxyl groups is 2. The molecule has 16 heavy (non-hydrogen) atoms. The van der Waals surface area contributed by atoms with Gasteiger partial charge in [-0.2, -0.15) is 0 Å². The molecule has 0 heterocycles. The van der Waals surface area contributed by atoms with E-state index in [0.717, 1.165) is 25.7 Å². The lowest BCUT2D eigenvalue weighted by Crippen LogP contribution is -2.02. The van der Waals surface area contributed by atoms with Crippen LogP contribution in [0.2, 0.25) is 0 Å². The summed E-state index contributed by atoms with van der Waals surface area (Å²) in [6, 6.07) is 0. The van der Waals surface area contributed by atoms with E-state index in [1.807, 2.05) is 6.92 Å². The second-order valence-corrected chi connectivity index (χ2v) is 3.85. The molecule has 0 bridgehead atoms. The van der Waals surface area contributed by atoms with E-state index >= 15 is 0 Å². The highest BCUT2D eigenvalue weighted by Gasteiger charge is 1.97. The molecule has 0 amide bonds. The predicted octanol–water partition coefficient (Wildman–Crippen LogP) is 2.10. The minimum absolute atomic E-state index is 0.579. The maximum absolute atomic E-state index is 9.44. The third kappa shape index (κ3) is 9.59. The van der Waals surface area contributed by atoms with E-state index in [4.69, 9.17) is 0 Å². The van der Waals surface area contributed by atoms with Gasteiger partial charge in [-0.05, 0) is 31.1 Å². The van der Waals surface area contributed by atoms with Crippen molar-refractivity contribution in [3.8, 4) is 23.7 Å². The van der Waals surface area contributed by atoms with Crippen LogP contribution in [0.1, 0.15) is 52.4 Å². The smallest absolute Gasteiger partial charge is 0.115 e. The van der Waals surface area contributed by atoms with E-state index < -0.39 is 12.2 Å². The van der Waals surface area contributed by atoms with E-state index in [-0.39, 0.29) is 0 Å². The summed E-state index contributed by atoms with van der Waals surface area (Å²) in [5, 5.41) is 18.7. The number of hydrogen-bond acceptors (Lipinski definition) is 2. The first-order chi connectivity index (χ1) is 7.70. The first-order valence-corrected chi connectivity index (χ1v) is 6.07. The molecule has 0 aromatic heterocycles. The Hall–Kier alpha value is -0.960. The van der Waals surface area contributed by atoms with Gasteiger partial charge in [-0.25, -0.2) is 0 Å². The molecule has 2 heteroatoms. The van der Waals surface area contributed by atoms with Crippen molar-refractivity contribution in [1.29, 1.82) is 0 Å². The van der Waals surface area contributed by atoms with Crippen LogP contribution in [0.15, 0.2) is 0 Å². The quantitative estimate of drug-likeness (QED) is 0.533. The Morgan fingerprint density at radius 2 is 1.38 bits per heavy atom. The van der Waals surface area contributed by atoms with Gasteiger partial charge in [0.1, 0.15) is 12.2 Å². The Labute approximate surface area is 99.1 Å². The summed E-state index contributed by atoms with van der Waals surface area (Å²) >= 11 is 0. The SMILES string of the molecule is CCCCCC(O)C#CC#CC(O)CCC. The Morgan fingerprint density at radius 3 is 1.88 bits per heavy atom. The average Bonchev–Trinajstić information content (AvgIpc) is 2.25. The van der Waals surface area contributed by atoms with Gasteiger partial charge in [-0.15, -0.1) is 0 Å². The summed E-state index contributed by atoms with van der Waals surface area (Å²) in [5.41, 5.74) is 0. The molecule has 2 nitrogen and oxygen atoms in total. The summed E-state index contributed by atoms with van der Waals surface area (Å²) in [5.74, 6) is 10.4. The molecule has 0 saturated heterocycles. The Bertz CT molecular complexity index is 275. The number of rotatable bonds is 6. The predicted molar refractivity (Wildman–Crippen MR) is 66.6 cm³/mol. The zero-order chi connectivity index (χ0) is 12.2. The Morgan fingerprint density at radius 1 is 0.812 bits per heavy atom. The number of unbranched alkanes of at least 4 members (excludes halogenated alkanes) is 2. The largest absolute Gasteiger partial charge is 0.380 e. The first kappa shape index (κ1) is 15.0. The number of aliphatic hydroxyl groups excluding tert-OH is 2. The van der Waals surface area contributed by atoms with Crippen LogP contribution in [0.5, 0.6) is 0 Å². The highest BCUT2D eigenvalue weighted by molar-refractivity contribution is 5.28. The summed E-state index contributed by atoms with van der Waals surface area (Å²) in [6.45, 7) is 4.12. The van der Waals surface area contributed by atoms with E-state index in [1.165, 1.54) is 0 Å². The van der Waals surface area contributed by atoms with Crippen molar-refractivity contribution >= 4 is 0 Å². The second-order valence-electron chi connectivity index (χ2n) is 3.85. The lowest BCUT2D eigenvalue weighted by Gasteiger charge is -2.00. The lowest BCUT2D eigenvalue weighted by atomic mass is 10.1. The van der Waals surface area contributed by atoms with Gasteiger partial charge in [0, 0.05) is 0 Å². The zero-order valence-electron chi connectivity index (χ0n) is 10.3. The van der Waals surface area contributed by atoms with Crippen molar-refractivity contribution in [2.24, 2.45) is 0 Å². The van der Waals surface area contributed by atoms with Gasteiger partial charge >= 0.3 is 0 Å². The zero-order valence-corrected chi connectivity index (χ0v) is 10.3. The van der Waals surface area contributed by atoms with Crippen LogP contribution in [-0.4, -0.2) is 22.4 Å². The summed E-state index contributed by atoms with van der Waals surface area (Å²) in [4.78, 5) is 0. The molecule has 2 unspecified atom stereocenters. The van der Waals surface area contributed by atoms with Crippen LogP contribution in [-0.2, 0) is 0 Å². The number of hydrogen-bond donors (Lipinski definition) is 2. The molecule has 2 N–H and O–H groups in total. The van der Waals surface area contributed by atoms with E-state index in [1.54, 1.807) is 0 Å². The van der Waals surface area contributed by atoms with Crippen LogP contribution in [0.4, 0.5) is 0 Å². The molecular formula is C14H22O2. The molecule has 0 rings (SSSR count). The molecule has 0 fully saturated rings. The second kappa shape index (κ2) is 10.6. The van der Waals surface area contributed by atoms with Crippen LogP contribution in [0.25, 0.3) is 0 Å². The van der Waals surface area contributed by atoms with Gasteiger partial charge in [0.25, 0.3) is 0 Å². The Kier molecular flexibility index (Phi) is 9.92. The van der Waals surface area contributed by atoms with Gasteiger partial charge in [0.05, 0.1) is 0 Å². The van der Waals surface area contributed by atoms with Crippen molar-refractivity contribution in [3.63, 3.8) is 0 Å². The van der Waals surface area contributed by atoms with Crippen molar-refractivity contribution in [2.75, 3.05) is 0 Å². The topological polar surface area (TPSA) is 40.5 Å². The molecule has 0 aromatic carbocycles. The van der Waals surface area contributed by atoms with Crippen molar-refractivity contribution < 1.29 is 10.2 Å². The standard InChI is InChI=1S/C14H22O2/c1-3-5-6-10-14(16)12-8-7-11-13(15)9-4-2/h13-16H,3-6,9-10H2,1-2H3. The van der Waals surface area contributed by atoms with Crippen molar-refractivity contribution in [2.45, 2.75) is 64.6 Å². The minimum Gasteiger partial charge on any atom is -0.380 e. The maximum Gasteiger partial charge on any atom is 0.115 e. The summed E-state index contributed by atoms with van der Waals surface area (Å²) in [7, 11) is 0.